The van der Waals surface area contributed by atoms with Gasteiger partial charge in [-0.3, -0.25) is 0 Å². The molecule has 0 aliphatic rings. The first-order valence-corrected chi connectivity index (χ1v) is 10.5. The van der Waals surface area contributed by atoms with Crippen LogP contribution in [0.15, 0.2) is 30.5 Å². The first-order valence-electron chi connectivity index (χ1n) is 10.1. The van der Waals surface area contributed by atoms with Crippen LogP contribution < -0.4 is 10.6 Å². The summed E-state index contributed by atoms with van der Waals surface area (Å²) in [5.74, 6) is 0. The van der Waals surface area contributed by atoms with Crippen LogP contribution in [-0.4, -0.2) is 34.3 Å². The molecule has 1 atom stereocenters. The van der Waals surface area contributed by atoms with Crippen LogP contribution in [0.2, 0.25) is 0 Å². The number of aromatic nitrogens is 1. The third kappa shape index (κ3) is 7.15. The average molecular weight is 404 g/mol. The number of aromatic amines is 1. The van der Waals surface area contributed by atoms with Crippen LogP contribution in [0.25, 0.3) is 10.9 Å². The molecule has 28 heavy (non-hydrogen) atoms. The number of para-hydroxylation sites is 1. The van der Waals surface area contributed by atoms with Crippen LogP contribution in [-0.2, 0) is 11.2 Å². The van der Waals surface area contributed by atoms with E-state index < -0.39 is 11.7 Å². The highest BCUT2D eigenvalue weighted by Crippen LogP contribution is 2.19. The fourth-order valence-electron chi connectivity index (χ4n) is 3.07. The number of fused-ring (bicyclic) bond motifs is 1. The Kier molecular flexibility index (Phi) is 8.30. The van der Waals surface area contributed by atoms with Crippen molar-refractivity contribution in [3.05, 3.63) is 36.0 Å². The fourth-order valence-corrected chi connectivity index (χ4v) is 3.31. The van der Waals surface area contributed by atoms with Crippen LogP contribution in [0, 0.1) is 0 Å². The zero-order valence-corrected chi connectivity index (χ0v) is 18.2. The number of amides is 1. The monoisotopic (exact) mass is 403 g/mol. The smallest absolute Gasteiger partial charge is 0.408 e. The molecule has 2 rings (SSSR count). The summed E-state index contributed by atoms with van der Waals surface area (Å²) >= 11 is 5.62. The second-order valence-electron chi connectivity index (χ2n) is 8.11. The molecule has 0 saturated heterocycles. The maximum atomic E-state index is 12.4. The Hall–Kier alpha value is -2.08. The van der Waals surface area contributed by atoms with Gasteiger partial charge in [0.05, 0.1) is 11.0 Å². The summed E-state index contributed by atoms with van der Waals surface area (Å²) < 4.78 is 5.44. The normalized spacial score (nSPS) is 12.6. The third-order valence-electron chi connectivity index (χ3n) is 4.44. The molecule has 154 valence electrons. The van der Waals surface area contributed by atoms with Gasteiger partial charge in [0.2, 0.25) is 0 Å². The first-order chi connectivity index (χ1) is 13.3. The van der Waals surface area contributed by atoms with Crippen LogP contribution in [0.4, 0.5) is 4.79 Å². The van der Waals surface area contributed by atoms with E-state index in [-0.39, 0.29) is 6.04 Å². The zero-order chi connectivity index (χ0) is 20.6. The van der Waals surface area contributed by atoms with E-state index in [0.29, 0.717) is 11.4 Å². The van der Waals surface area contributed by atoms with E-state index in [1.165, 1.54) is 19.3 Å². The van der Waals surface area contributed by atoms with Gasteiger partial charge in [0.25, 0.3) is 0 Å². The molecule has 1 amide bonds. The second-order valence-corrected chi connectivity index (χ2v) is 8.55. The van der Waals surface area contributed by atoms with Gasteiger partial charge in [0.15, 0.2) is 0 Å². The quantitative estimate of drug-likeness (QED) is 0.402. The van der Waals surface area contributed by atoms with Crippen LogP contribution >= 0.6 is 12.2 Å². The van der Waals surface area contributed by atoms with Gasteiger partial charge < -0.3 is 20.4 Å². The number of carbonyl (C=O) groups is 1. The highest BCUT2D eigenvalue weighted by molar-refractivity contribution is 7.80. The number of rotatable bonds is 9. The third-order valence-corrected chi connectivity index (χ3v) is 4.86. The number of carbonyl (C=O) groups excluding carboxylic acids is 1. The Balaban J connectivity index is 2.06. The second kappa shape index (κ2) is 10.5. The molecule has 2 aromatic rings. The van der Waals surface area contributed by atoms with E-state index in [4.69, 9.17) is 17.0 Å². The fraction of sp³-hybridized carbons (Fsp3) is 0.545. The molecule has 0 bridgehead atoms. The standard InChI is InChI=1S/C22H33N3O2S/c1-5-6-7-10-13-23-20(28)19(25-21(26)27-22(2,3)4)14-16-15-24-18-12-9-8-11-17(16)18/h8-9,11-12,15,19,24H,5-7,10,13-14H2,1-4H3,(H,23,28)(H,25,26)/t19-/m1/s1. The lowest BCUT2D eigenvalue weighted by Gasteiger charge is -2.24. The van der Waals surface area contributed by atoms with Gasteiger partial charge in [0, 0.05) is 30.1 Å². The van der Waals surface area contributed by atoms with Gasteiger partial charge in [-0.25, -0.2) is 4.79 Å². The van der Waals surface area contributed by atoms with Gasteiger partial charge in [-0.2, -0.15) is 0 Å². The molecular formula is C22H33N3O2S. The number of unbranched alkanes of at least 4 members (excludes halogenated alkanes) is 3. The molecule has 0 fully saturated rings. The van der Waals surface area contributed by atoms with Crippen molar-refractivity contribution in [1.82, 2.24) is 15.6 Å². The number of benzene rings is 1. The van der Waals surface area contributed by atoms with Crippen molar-refractivity contribution in [3.63, 3.8) is 0 Å². The Morgan fingerprint density at radius 2 is 1.96 bits per heavy atom. The van der Waals surface area contributed by atoms with Crippen molar-refractivity contribution in [2.45, 2.75) is 71.4 Å². The molecule has 1 aromatic heterocycles. The predicted molar refractivity (Wildman–Crippen MR) is 120 cm³/mol. The molecule has 0 radical (unpaired) electrons. The minimum Gasteiger partial charge on any atom is -0.444 e. The summed E-state index contributed by atoms with van der Waals surface area (Å²) in [4.78, 5) is 16.3. The molecule has 0 aliphatic carbocycles. The Morgan fingerprint density at radius 3 is 2.68 bits per heavy atom. The summed E-state index contributed by atoms with van der Waals surface area (Å²) in [7, 11) is 0. The molecule has 1 heterocycles. The van der Waals surface area contributed by atoms with Gasteiger partial charge in [-0.05, 0) is 38.8 Å². The molecular weight excluding hydrogens is 370 g/mol. The highest BCUT2D eigenvalue weighted by Gasteiger charge is 2.23. The number of hydrogen-bond donors (Lipinski definition) is 3. The Morgan fingerprint density at radius 1 is 1.21 bits per heavy atom. The molecule has 3 N–H and O–H groups in total. The van der Waals surface area contributed by atoms with E-state index in [0.717, 1.165) is 29.4 Å². The van der Waals surface area contributed by atoms with Gasteiger partial charge in [-0.1, -0.05) is 56.6 Å². The molecule has 1 aromatic carbocycles. The van der Waals surface area contributed by atoms with E-state index >= 15 is 0 Å². The van der Waals surface area contributed by atoms with Crippen LogP contribution in [0.5, 0.6) is 0 Å². The summed E-state index contributed by atoms with van der Waals surface area (Å²) in [6.45, 7) is 8.57. The largest absolute Gasteiger partial charge is 0.444 e. The van der Waals surface area contributed by atoms with Crippen molar-refractivity contribution in [1.29, 1.82) is 0 Å². The number of thiocarbonyl (C=S) groups is 1. The summed E-state index contributed by atoms with van der Waals surface area (Å²) in [6, 6.07) is 7.81. The first kappa shape index (κ1) is 22.2. The van der Waals surface area contributed by atoms with E-state index in [9.17, 15) is 4.79 Å². The minimum absolute atomic E-state index is 0.324. The average Bonchev–Trinajstić information content (AvgIpc) is 3.02. The summed E-state index contributed by atoms with van der Waals surface area (Å²) in [5.41, 5.74) is 1.64. The van der Waals surface area contributed by atoms with Crippen molar-refractivity contribution in [3.8, 4) is 0 Å². The minimum atomic E-state index is -0.551. The SMILES string of the molecule is CCCCCCNC(=S)[C@@H](Cc1c[nH]c2ccccc12)NC(=O)OC(C)(C)C. The van der Waals surface area contributed by atoms with Gasteiger partial charge in [0.1, 0.15) is 5.60 Å². The Bertz CT molecular complexity index is 779. The number of H-pyrrole nitrogens is 1. The van der Waals surface area contributed by atoms with Gasteiger partial charge >= 0.3 is 6.09 Å². The van der Waals surface area contributed by atoms with Crippen LogP contribution in [0.3, 0.4) is 0 Å². The van der Waals surface area contributed by atoms with E-state index in [1.54, 1.807) is 0 Å². The maximum absolute atomic E-state index is 12.4. The predicted octanol–water partition coefficient (Wildman–Crippen LogP) is 5.10. The van der Waals surface area contributed by atoms with Crippen molar-refractivity contribution >= 4 is 34.2 Å². The lowest BCUT2D eigenvalue weighted by Crippen LogP contribution is -2.48. The number of hydrogen-bond acceptors (Lipinski definition) is 3. The van der Waals surface area contributed by atoms with E-state index in [2.05, 4.69) is 28.6 Å². The number of ether oxygens (including phenoxy) is 1. The summed E-state index contributed by atoms with van der Waals surface area (Å²) in [5, 5.41) is 7.41. The van der Waals surface area contributed by atoms with Crippen LogP contribution in [0.1, 0.15) is 58.9 Å². The van der Waals surface area contributed by atoms with Crippen molar-refractivity contribution in [2.75, 3.05) is 6.54 Å². The molecule has 0 unspecified atom stereocenters. The molecule has 6 heteroatoms. The zero-order valence-electron chi connectivity index (χ0n) is 17.4. The number of nitrogens with one attached hydrogen (secondary N) is 3. The molecule has 5 nitrogen and oxygen atoms in total. The Labute approximate surface area is 173 Å². The number of alkyl carbamates (subject to hydrolysis) is 1. The lowest BCUT2D eigenvalue weighted by atomic mass is 10.0. The highest BCUT2D eigenvalue weighted by atomic mass is 32.1. The molecule has 0 spiro atoms. The molecule has 0 saturated carbocycles. The molecule has 0 aliphatic heterocycles. The van der Waals surface area contributed by atoms with Crippen molar-refractivity contribution < 1.29 is 9.53 Å². The maximum Gasteiger partial charge on any atom is 0.408 e. The van der Waals surface area contributed by atoms with E-state index in [1.807, 2.05) is 45.2 Å². The van der Waals surface area contributed by atoms with Gasteiger partial charge in [-0.15, -0.1) is 0 Å². The topological polar surface area (TPSA) is 66.2 Å². The lowest BCUT2D eigenvalue weighted by molar-refractivity contribution is 0.0518. The van der Waals surface area contributed by atoms with Crippen molar-refractivity contribution in [2.24, 2.45) is 0 Å². The summed E-state index contributed by atoms with van der Waals surface area (Å²) in [6.07, 6.45) is 6.81.